The number of carbonyl (C=O) groups is 1. The Labute approximate surface area is 120 Å². The quantitative estimate of drug-likeness (QED) is 0.842. The third-order valence-corrected chi connectivity index (χ3v) is 5.06. The Hall–Kier alpha value is -1.35. The first kappa shape index (κ1) is 13.6. The van der Waals surface area contributed by atoms with E-state index in [9.17, 15) is 4.79 Å². The molecule has 108 valence electrons. The molecule has 0 amide bonds. The van der Waals surface area contributed by atoms with Crippen LogP contribution in [0, 0.1) is 6.92 Å². The van der Waals surface area contributed by atoms with Crippen LogP contribution in [0.1, 0.15) is 48.3 Å². The lowest BCUT2D eigenvalue weighted by Crippen LogP contribution is -2.38. The number of hydrogen-bond acceptors (Lipinski definition) is 3. The average molecular weight is 273 g/mol. The normalized spacial score (nSPS) is 23.6. The standard InChI is InChI=1S/C17H23NO2/c1-12-3-4-14-13(10-16(19)20-2)11-17(15(14)9-12)5-7-18-8-6-17/h3-4,9,13,18H,5-8,10-11H2,1-2H3. The van der Waals surface area contributed by atoms with Crippen molar-refractivity contribution in [2.45, 2.75) is 43.9 Å². The summed E-state index contributed by atoms with van der Waals surface area (Å²) in [7, 11) is 1.48. The van der Waals surface area contributed by atoms with Gasteiger partial charge in [0.15, 0.2) is 0 Å². The van der Waals surface area contributed by atoms with E-state index in [-0.39, 0.29) is 11.4 Å². The molecule has 0 bridgehead atoms. The predicted molar refractivity (Wildman–Crippen MR) is 79.0 cm³/mol. The highest BCUT2D eigenvalue weighted by Crippen LogP contribution is 2.52. The van der Waals surface area contributed by atoms with Gasteiger partial charge in [-0.3, -0.25) is 4.79 Å². The molecule has 1 fully saturated rings. The Bertz CT molecular complexity index is 518. The van der Waals surface area contributed by atoms with Gasteiger partial charge in [-0.1, -0.05) is 23.8 Å². The number of methoxy groups -OCH3 is 1. The molecular formula is C17H23NO2. The lowest BCUT2D eigenvalue weighted by Gasteiger charge is -2.35. The number of ether oxygens (including phenoxy) is 1. The van der Waals surface area contributed by atoms with Gasteiger partial charge in [-0.05, 0) is 61.7 Å². The molecule has 0 aromatic heterocycles. The summed E-state index contributed by atoms with van der Waals surface area (Å²) in [5.41, 5.74) is 4.47. The number of fused-ring (bicyclic) bond motifs is 2. The van der Waals surface area contributed by atoms with Gasteiger partial charge in [0.25, 0.3) is 0 Å². The van der Waals surface area contributed by atoms with Gasteiger partial charge < -0.3 is 10.1 Å². The second-order valence-electron chi connectivity index (χ2n) is 6.30. The maximum absolute atomic E-state index is 11.7. The van der Waals surface area contributed by atoms with Gasteiger partial charge in [-0.15, -0.1) is 0 Å². The van der Waals surface area contributed by atoms with Crippen LogP contribution in [-0.4, -0.2) is 26.2 Å². The summed E-state index contributed by atoms with van der Waals surface area (Å²) >= 11 is 0. The van der Waals surface area contributed by atoms with Crippen LogP contribution in [0.5, 0.6) is 0 Å². The van der Waals surface area contributed by atoms with Crippen molar-refractivity contribution in [3.63, 3.8) is 0 Å². The lowest BCUT2D eigenvalue weighted by atomic mass is 9.73. The molecule has 1 aromatic rings. The molecule has 20 heavy (non-hydrogen) atoms. The Morgan fingerprint density at radius 3 is 2.85 bits per heavy atom. The van der Waals surface area contributed by atoms with Crippen molar-refractivity contribution in [1.29, 1.82) is 0 Å². The SMILES string of the molecule is COC(=O)CC1CC2(CCNCC2)c2cc(C)ccc21. The van der Waals surface area contributed by atoms with Gasteiger partial charge in [0.1, 0.15) is 0 Å². The van der Waals surface area contributed by atoms with Crippen molar-refractivity contribution in [2.75, 3.05) is 20.2 Å². The van der Waals surface area contributed by atoms with E-state index in [1.807, 2.05) is 0 Å². The van der Waals surface area contributed by atoms with Gasteiger partial charge in [-0.2, -0.15) is 0 Å². The van der Waals surface area contributed by atoms with Crippen LogP contribution in [0.4, 0.5) is 0 Å². The Kier molecular flexibility index (Phi) is 3.55. The highest BCUT2D eigenvalue weighted by atomic mass is 16.5. The van der Waals surface area contributed by atoms with Crippen molar-refractivity contribution < 1.29 is 9.53 Å². The number of hydrogen-bond donors (Lipinski definition) is 1. The van der Waals surface area contributed by atoms with Crippen molar-refractivity contribution >= 4 is 5.97 Å². The molecule has 0 radical (unpaired) electrons. The molecule has 1 unspecified atom stereocenters. The summed E-state index contributed by atoms with van der Waals surface area (Å²) in [5, 5.41) is 3.46. The number of esters is 1. The molecule has 1 aliphatic carbocycles. The van der Waals surface area contributed by atoms with Crippen LogP contribution >= 0.6 is 0 Å². The number of benzene rings is 1. The monoisotopic (exact) mass is 273 g/mol. The smallest absolute Gasteiger partial charge is 0.306 e. The number of carbonyl (C=O) groups excluding carboxylic acids is 1. The lowest BCUT2D eigenvalue weighted by molar-refractivity contribution is -0.141. The molecule has 1 heterocycles. The summed E-state index contributed by atoms with van der Waals surface area (Å²) in [5.74, 6) is 0.239. The first-order chi connectivity index (χ1) is 9.64. The largest absolute Gasteiger partial charge is 0.469 e. The molecule has 1 saturated heterocycles. The number of piperidine rings is 1. The summed E-state index contributed by atoms with van der Waals surface area (Å²) in [6.45, 7) is 4.32. The molecule has 1 N–H and O–H groups in total. The fraction of sp³-hybridized carbons (Fsp3) is 0.588. The van der Waals surface area contributed by atoms with E-state index in [0.29, 0.717) is 12.3 Å². The van der Waals surface area contributed by atoms with Crippen LogP contribution in [0.3, 0.4) is 0 Å². The topological polar surface area (TPSA) is 38.3 Å². The Morgan fingerprint density at radius 1 is 1.40 bits per heavy atom. The molecule has 3 nitrogen and oxygen atoms in total. The molecule has 3 heteroatoms. The second-order valence-corrected chi connectivity index (χ2v) is 6.30. The summed E-state index contributed by atoms with van der Waals surface area (Å²) in [6, 6.07) is 6.75. The molecular weight excluding hydrogens is 250 g/mol. The van der Waals surface area contributed by atoms with Crippen molar-refractivity contribution in [3.05, 3.63) is 34.9 Å². The van der Waals surface area contributed by atoms with Gasteiger partial charge in [0.2, 0.25) is 0 Å². The van der Waals surface area contributed by atoms with E-state index in [2.05, 4.69) is 30.4 Å². The first-order valence-corrected chi connectivity index (χ1v) is 7.53. The minimum Gasteiger partial charge on any atom is -0.469 e. The summed E-state index contributed by atoms with van der Waals surface area (Å²) < 4.78 is 4.88. The number of aryl methyl sites for hydroxylation is 1. The van der Waals surface area contributed by atoms with E-state index in [1.165, 1.54) is 36.6 Å². The van der Waals surface area contributed by atoms with Gasteiger partial charge >= 0.3 is 5.97 Å². The second kappa shape index (κ2) is 5.21. The summed E-state index contributed by atoms with van der Waals surface area (Å²) in [6.07, 6.45) is 3.98. The number of nitrogens with one attached hydrogen (secondary N) is 1. The number of rotatable bonds is 2. The van der Waals surface area contributed by atoms with Crippen LogP contribution < -0.4 is 5.32 Å². The average Bonchev–Trinajstić information content (AvgIpc) is 2.73. The van der Waals surface area contributed by atoms with E-state index < -0.39 is 0 Å². The molecule has 1 aliphatic heterocycles. The van der Waals surface area contributed by atoms with Crippen molar-refractivity contribution in [1.82, 2.24) is 5.32 Å². The maximum atomic E-state index is 11.7. The molecule has 1 atom stereocenters. The van der Waals surface area contributed by atoms with Crippen LogP contribution in [-0.2, 0) is 14.9 Å². The Morgan fingerprint density at radius 2 is 2.15 bits per heavy atom. The summed E-state index contributed by atoms with van der Waals surface area (Å²) in [4.78, 5) is 11.7. The van der Waals surface area contributed by atoms with Crippen LogP contribution in [0.25, 0.3) is 0 Å². The fourth-order valence-corrected chi connectivity index (χ4v) is 4.02. The molecule has 3 rings (SSSR count). The van der Waals surface area contributed by atoms with Crippen LogP contribution in [0.15, 0.2) is 18.2 Å². The highest BCUT2D eigenvalue weighted by molar-refractivity contribution is 5.71. The Balaban J connectivity index is 1.97. The minimum atomic E-state index is -0.0903. The zero-order chi connectivity index (χ0) is 14.2. The maximum Gasteiger partial charge on any atom is 0.306 e. The minimum absolute atomic E-state index is 0.0903. The molecule has 2 aliphatic rings. The molecule has 1 spiro atoms. The van der Waals surface area contributed by atoms with Crippen molar-refractivity contribution in [3.8, 4) is 0 Å². The van der Waals surface area contributed by atoms with Gasteiger partial charge in [-0.25, -0.2) is 0 Å². The van der Waals surface area contributed by atoms with Crippen molar-refractivity contribution in [2.24, 2.45) is 0 Å². The predicted octanol–water partition coefficient (Wildman–Crippen LogP) is 2.67. The van der Waals surface area contributed by atoms with E-state index in [0.717, 1.165) is 19.5 Å². The third-order valence-electron chi connectivity index (χ3n) is 5.06. The zero-order valence-electron chi connectivity index (χ0n) is 12.4. The zero-order valence-corrected chi connectivity index (χ0v) is 12.4. The molecule has 1 aromatic carbocycles. The highest BCUT2D eigenvalue weighted by Gasteiger charge is 2.44. The first-order valence-electron chi connectivity index (χ1n) is 7.53. The fourth-order valence-electron chi connectivity index (χ4n) is 4.02. The van der Waals surface area contributed by atoms with Gasteiger partial charge in [0.05, 0.1) is 13.5 Å². The third kappa shape index (κ3) is 2.24. The van der Waals surface area contributed by atoms with Gasteiger partial charge in [0, 0.05) is 0 Å². The van der Waals surface area contributed by atoms with E-state index in [1.54, 1.807) is 0 Å². The molecule has 0 saturated carbocycles. The van der Waals surface area contributed by atoms with E-state index in [4.69, 9.17) is 4.74 Å². The van der Waals surface area contributed by atoms with Crippen LogP contribution in [0.2, 0.25) is 0 Å². The van der Waals surface area contributed by atoms with E-state index >= 15 is 0 Å².